The average molecular weight is 366 g/mol. The molecular formula is C16H13F3N4O3. The number of para-hydroxylation sites is 1. The molecule has 10 heteroatoms. The molecule has 26 heavy (non-hydrogen) atoms. The number of fused-ring (bicyclic) bond motifs is 1. The Labute approximate surface area is 145 Å². The standard InChI is InChI=1S/C16H13F3N4O3/c17-16(18,19)12-5-4-9(6-20-12)7-21-15(25)23-11-3-1-2-10-14(11)26-8-13(24)22-10/h1-6H,7-8H2,(H,22,24)(H2,21,23,25). The lowest BCUT2D eigenvalue weighted by Gasteiger charge is -2.20. The Hall–Kier alpha value is -3.30. The van der Waals surface area contributed by atoms with Crippen LogP contribution in [0.1, 0.15) is 11.3 Å². The summed E-state index contributed by atoms with van der Waals surface area (Å²) in [6.07, 6.45) is -3.46. The molecule has 0 radical (unpaired) electrons. The van der Waals surface area contributed by atoms with Crippen LogP contribution in [0.15, 0.2) is 36.5 Å². The van der Waals surface area contributed by atoms with Gasteiger partial charge in [0.25, 0.3) is 5.91 Å². The average Bonchev–Trinajstić information content (AvgIpc) is 2.59. The smallest absolute Gasteiger partial charge is 0.433 e. The summed E-state index contributed by atoms with van der Waals surface area (Å²) in [7, 11) is 0. The van der Waals surface area contributed by atoms with E-state index >= 15 is 0 Å². The van der Waals surface area contributed by atoms with Gasteiger partial charge in [0.05, 0.1) is 11.4 Å². The molecule has 2 heterocycles. The zero-order chi connectivity index (χ0) is 18.7. The molecular weight excluding hydrogens is 353 g/mol. The number of halogens is 3. The van der Waals surface area contributed by atoms with Gasteiger partial charge in [-0.2, -0.15) is 13.2 Å². The van der Waals surface area contributed by atoms with Crippen molar-refractivity contribution in [3.05, 3.63) is 47.8 Å². The van der Waals surface area contributed by atoms with Crippen molar-refractivity contribution in [2.45, 2.75) is 12.7 Å². The third-order valence-corrected chi connectivity index (χ3v) is 3.45. The maximum Gasteiger partial charge on any atom is 0.433 e. The van der Waals surface area contributed by atoms with Gasteiger partial charge in [-0.15, -0.1) is 0 Å². The van der Waals surface area contributed by atoms with E-state index in [1.165, 1.54) is 6.07 Å². The first-order valence-corrected chi connectivity index (χ1v) is 7.45. The van der Waals surface area contributed by atoms with Crippen LogP contribution in [0, 0.1) is 0 Å². The highest BCUT2D eigenvalue weighted by atomic mass is 19.4. The lowest BCUT2D eigenvalue weighted by atomic mass is 10.2. The maximum absolute atomic E-state index is 12.5. The molecule has 1 aliphatic rings. The summed E-state index contributed by atoms with van der Waals surface area (Å²) < 4.78 is 42.7. The van der Waals surface area contributed by atoms with E-state index in [-0.39, 0.29) is 19.1 Å². The highest BCUT2D eigenvalue weighted by Gasteiger charge is 2.32. The number of hydrogen-bond acceptors (Lipinski definition) is 4. The fraction of sp³-hybridized carbons (Fsp3) is 0.188. The predicted molar refractivity (Wildman–Crippen MR) is 85.7 cm³/mol. The Morgan fingerprint density at radius 2 is 2.08 bits per heavy atom. The van der Waals surface area contributed by atoms with Gasteiger partial charge in [-0.3, -0.25) is 9.78 Å². The summed E-state index contributed by atoms with van der Waals surface area (Å²) in [5.74, 6) is 0.0346. The third-order valence-electron chi connectivity index (χ3n) is 3.45. The predicted octanol–water partition coefficient (Wildman–Crippen LogP) is 2.75. The molecule has 7 nitrogen and oxygen atoms in total. The van der Waals surface area contributed by atoms with Crippen molar-refractivity contribution in [1.29, 1.82) is 0 Å². The molecule has 0 aliphatic carbocycles. The van der Waals surface area contributed by atoms with Gasteiger partial charge in [0.15, 0.2) is 12.4 Å². The van der Waals surface area contributed by atoms with Gasteiger partial charge in [-0.25, -0.2) is 4.79 Å². The van der Waals surface area contributed by atoms with E-state index in [0.717, 1.165) is 12.3 Å². The van der Waals surface area contributed by atoms with Crippen LogP contribution in [0.5, 0.6) is 5.75 Å². The Bertz CT molecular complexity index is 838. The number of hydrogen-bond donors (Lipinski definition) is 3. The van der Waals surface area contributed by atoms with Gasteiger partial charge in [-0.1, -0.05) is 12.1 Å². The molecule has 136 valence electrons. The number of rotatable bonds is 3. The SMILES string of the molecule is O=C1COc2c(cccc2NC(=O)NCc2ccc(C(F)(F)F)nc2)N1. The first-order valence-electron chi connectivity index (χ1n) is 7.45. The number of aromatic nitrogens is 1. The number of benzene rings is 1. The Balaban J connectivity index is 1.60. The van der Waals surface area contributed by atoms with Crippen molar-refractivity contribution in [3.63, 3.8) is 0 Å². The molecule has 0 saturated heterocycles. The van der Waals surface area contributed by atoms with Crippen LogP contribution < -0.4 is 20.7 Å². The van der Waals surface area contributed by atoms with Crippen LogP contribution in [-0.2, 0) is 17.5 Å². The van der Waals surface area contributed by atoms with Crippen LogP contribution in [0.2, 0.25) is 0 Å². The number of urea groups is 1. The molecule has 3 amide bonds. The van der Waals surface area contributed by atoms with Crippen molar-refractivity contribution < 1.29 is 27.5 Å². The molecule has 0 fully saturated rings. The fourth-order valence-electron chi connectivity index (χ4n) is 2.26. The summed E-state index contributed by atoms with van der Waals surface area (Å²) in [6.45, 7) is -0.172. The van der Waals surface area contributed by atoms with E-state index in [0.29, 0.717) is 22.7 Å². The van der Waals surface area contributed by atoms with Gasteiger partial charge in [0.1, 0.15) is 5.69 Å². The highest BCUT2D eigenvalue weighted by Crippen LogP contribution is 2.35. The molecule has 0 atom stereocenters. The second kappa shape index (κ2) is 6.90. The molecule has 1 aromatic heterocycles. The number of ether oxygens (including phenoxy) is 1. The first kappa shape index (κ1) is 17.5. The highest BCUT2D eigenvalue weighted by molar-refractivity contribution is 5.99. The van der Waals surface area contributed by atoms with Crippen molar-refractivity contribution in [2.24, 2.45) is 0 Å². The molecule has 3 rings (SSSR count). The lowest BCUT2D eigenvalue weighted by Crippen LogP contribution is -2.30. The molecule has 1 aromatic carbocycles. The second-order valence-electron chi connectivity index (χ2n) is 5.38. The van der Waals surface area contributed by atoms with Gasteiger partial charge >= 0.3 is 12.2 Å². The van der Waals surface area contributed by atoms with Crippen molar-refractivity contribution in [3.8, 4) is 5.75 Å². The number of pyridine rings is 1. The molecule has 1 aliphatic heterocycles. The maximum atomic E-state index is 12.5. The summed E-state index contributed by atoms with van der Waals surface area (Å²) >= 11 is 0. The summed E-state index contributed by atoms with van der Waals surface area (Å²) in [5.41, 5.74) is 0.198. The molecule has 0 saturated carbocycles. The third kappa shape index (κ3) is 4.02. The lowest BCUT2D eigenvalue weighted by molar-refractivity contribution is -0.141. The van der Waals surface area contributed by atoms with Crippen LogP contribution in [0.4, 0.5) is 29.3 Å². The number of nitrogens with zero attached hydrogens (tertiary/aromatic N) is 1. The quantitative estimate of drug-likeness (QED) is 0.779. The minimum absolute atomic E-state index is 0.0103. The van der Waals surface area contributed by atoms with E-state index in [9.17, 15) is 22.8 Å². The van der Waals surface area contributed by atoms with Gasteiger partial charge < -0.3 is 20.7 Å². The summed E-state index contributed by atoms with van der Waals surface area (Å²) in [5, 5.41) is 7.68. The van der Waals surface area contributed by atoms with E-state index in [1.54, 1.807) is 18.2 Å². The first-order chi connectivity index (χ1) is 12.3. The number of carbonyl (C=O) groups is 2. The minimum atomic E-state index is -4.51. The van der Waals surface area contributed by atoms with E-state index < -0.39 is 17.9 Å². The molecule has 2 aromatic rings. The second-order valence-corrected chi connectivity index (χ2v) is 5.38. The number of alkyl halides is 3. The zero-order valence-corrected chi connectivity index (χ0v) is 13.2. The normalized spacial score (nSPS) is 13.3. The van der Waals surface area contributed by atoms with Crippen LogP contribution in [-0.4, -0.2) is 23.5 Å². The van der Waals surface area contributed by atoms with Crippen LogP contribution in [0.25, 0.3) is 0 Å². The molecule has 0 bridgehead atoms. The van der Waals surface area contributed by atoms with Crippen molar-refractivity contribution >= 4 is 23.3 Å². The van der Waals surface area contributed by atoms with Crippen molar-refractivity contribution in [2.75, 3.05) is 17.2 Å². The number of nitrogens with one attached hydrogen (secondary N) is 3. The minimum Gasteiger partial charge on any atom is -0.479 e. The monoisotopic (exact) mass is 366 g/mol. The Kier molecular flexibility index (Phi) is 4.65. The fourth-order valence-corrected chi connectivity index (χ4v) is 2.26. The topological polar surface area (TPSA) is 92.3 Å². The number of anilines is 2. The van der Waals surface area contributed by atoms with Gasteiger partial charge in [0, 0.05) is 12.7 Å². The summed E-state index contributed by atoms with van der Waals surface area (Å²) in [6, 6.07) is 6.35. The van der Waals surface area contributed by atoms with E-state index in [1.807, 2.05) is 0 Å². The Morgan fingerprint density at radius 1 is 1.27 bits per heavy atom. The number of amides is 3. The Morgan fingerprint density at radius 3 is 2.77 bits per heavy atom. The van der Waals surface area contributed by atoms with Crippen molar-refractivity contribution in [1.82, 2.24) is 10.3 Å². The largest absolute Gasteiger partial charge is 0.479 e. The molecule has 0 unspecified atom stereocenters. The van der Waals surface area contributed by atoms with Crippen LogP contribution in [0.3, 0.4) is 0 Å². The summed E-state index contributed by atoms with van der Waals surface area (Å²) in [4.78, 5) is 26.6. The van der Waals surface area contributed by atoms with E-state index in [2.05, 4.69) is 20.9 Å². The van der Waals surface area contributed by atoms with Crippen LogP contribution >= 0.6 is 0 Å². The molecule has 3 N–H and O–H groups in total. The zero-order valence-electron chi connectivity index (χ0n) is 13.2. The van der Waals surface area contributed by atoms with Gasteiger partial charge in [-0.05, 0) is 23.8 Å². The van der Waals surface area contributed by atoms with Gasteiger partial charge in [0.2, 0.25) is 0 Å². The molecule has 0 spiro atoms. The number of carbonyl (C=O) groups excluding carboxylic acids is 2. The van der Waals surface area contributed by atoms with E-state index in [4.69, 9.17) is 4.74 Å².